The van der Waals surface area contributed by atoms with E-state index in [2.05, 4.69) is 32.6 Å². The van der Waals surface area contributed by atoms with E-state index in [1.54, 1.807) is 28.6 Å². The van der Waals surface area contributed by atoms with Crippen LogP contribution in [0.3, 0.4) is 0 Å². The summed E-state index contributed by atoms with van der Waals surface area (Å²) in [5, 5.41) is 0. The monoisotopic (exact) mass is 491 g/mol. The van der Waals surface area contributed by atoms with E-state index in [0.717, 1.165) is 52.0 Å². The lowest BCUT2D eigenvalue weighted by atomic mass is 9.94. The van der Waals surface area contributed by atoms with Crippen molar-refractivity contribution in [3.8, 4) is 0 Å². The van der Waals surface area contributed by atoms with Crippen LogP contribution in [0.15, 0.2) is 29.2 Å². The van der Waals surface area contributed by atoms with Gasteiger partial charge in [0.2, 0.25) is 10.0 Å². The predicted octanol–water partition coefficient (Wildman–Crippen LogP) is 3.31. The lowest BCUT2D eigenvalue weighted by Crippen LogP contribution is -2.48. The van der Waals surface area contributed by atoms with Gasteiger partial charge in [0, 0.05) is 51.4 Å². The molecule has 3 aliphatic heterocycles. The Labute approximate surface area is 205 Å². The predicted molar refractivity (Wildman–Crippen MR) is 133 cm³/mol. The topological polar surface area (TPSA) is 70.2 Å². The largest absolute Gasteiger partial charge is 0.373 e. The zero-order chi connectivity index (χ0) is 24.5. The standard InChI is InChI=1S/C26H41N3O4S/c1-19-12-20(2)15-29(14-19)34(31,32)25-7-5-6-24(13-25)26(30)28-10-8-23(9-11-28)18-27-16-21(3)33-22(4)17-27/h5-7,13,19-23H,8-12,14-18H2,1-4H3. The summed E-state index contributed by atoms with van der Waals surface area (Å²) in [6.45, 7) is 14.0. The molecule has 34 heavy (non-hydrogen) atoms. The molecule has 0 aliphatic carbocycles. The molecule has 0 aromatic heterocycles. The second-order valence-electron chi connectivity index (χ2n) is 11.0. The van der Waals surface area contributed by atoms with Gasteiger partial charge in [0.25, 0.3) is 5.91 Å². The van der Waals surface area contributed by atoms with Crippen molar-refractivity contribution in [2.24, 2.45) is 17.8 Å². The summed E-state index contributed by atoms with van der Waals surface area (Å²) in [4.78, 5) is 17.8. The number of nitrogens with zero attached hydrogens (tertiary/aromatic N) is 3. The van der Waals surface area contributed by atoms with E-state index < -0.39 is 10.0 Å². The lowest BCUT2D eigenvalue weighted by Gasteiger charge is -2.39. The number of morpholine rings is 1. The normalized spacial score (nSPS) is 30.4. The molecule has 0 bridgehead atoms. The van der Waals surface area contributed by atoms with E-state index in [1.165, 1.54) is 0 Å². The van der Waals surface area contributed by atoms with Crippen molar-refractivity contribution in [1.29, 1.82) is 0 Å². The summed E-state index contributed by atoms with van der Waals surface area (Å²) >= 11 is 0. The Bertz CT molecular complexity index is 941. The van der Waals surface area contributed by atoms with Crippen LogP contribution in [-0.2, 0) is 14.8 Å². The highest BCUT2D eigenvalue weighted by molar-refractivity contribution is 7.89. The number of sulfonamides is 1. The number of piperidine rings is 2. The van der Waals surface area contributed by atoms with Gasteiger partial charge in [-0.3, -0.25) is 9.69 Å². The van der Waals surface area contributed by atoms with Crippen LogP contribution in [-0.4, -0.2) is 86.5 Å². The van der Waals surface area contributed by atoms with Gasteiger partial charge in [-0.05, 0) is 69.1 Å². The Morgan fingerprint density at radius 3 is 2.21 bits per heavy atom. The Kier molecular flexibility index (Phi) is 8.02. The number of carbonyl (C=O) groups excluding carboxylic acids is 1. The molecule has 1 aromatic rings. The summed E-state index contributed by atoms with van der Waals surface area (Å²) in [7, 11) is -3.60. The fourth-order valence-electron chi connectivity index (χ4n) is 6.04. The summed E-state index contributed by atoms with van der Waals surface area (Å²) in [6.07, 6.45) is 3.54. The van der Waals surface area contributed by atoms with Crippen molar-refractivity contribution < 1.29 is 17.9 Å². The molecule has 0 saturated carbocycles. The zero-order valence-electron chi connectivity index (χ0n) is 21.2. The van der Waals surface area contributed by atoms with E-state index in [0.29, 0.717) is 36.4 Å². The molecule has 0 N–H and O–H groups in total. The van der Waals surface area contributed by atoms with Crippen LogP contribution >= 0.6 is 0 Å². The smallest absolute Gasteiger partial charge is 0.253 e. The molecule has 4 unspecified atom stereocenters. The highest BCUT2D eigenvalue weighted by atomic mass is 32.2. The van der Waals surface area contributed by atoms with Crippen LogP contribution in [0, 0.1) is 17.8 Å². The fraction of sp³-hybridized carbons (Fsp3) is 0.731. The minimum Gasteiger partial charge on any atom is -0.373 e. The van der Waals surface area contributed by atoms with Crippen LogP contribution in [0.1, 0.15) is 57.3 Å². The summed E-state index contributed by atoms with van der Waals surface area (Å²) in [5.74, 6) is 1.20. The molecule has 0 spiro atoms. The van der Waals surface area contributed by atoms with Crippen molar-refractivity contribution >= 4 is 15.9 Å². The van der Waals surface area contributed by atoms with Gasteiger partial charge in [-0.2, -0.15) is 4.31 Å². The average molecular weight is 492 g/mol. The van der Waals surface area contributed by atoms with Gasteiger partial charge in [-0.15, -0.1) is 0 Å². The number of hydrogen-bond acceptors (Lipinski definition) is 5. The first-order chi connectivity index (χ1) is 16.1. The Morgan fingerprint density at radius 1 is 0.971 bits per heavy atom. The quantitative estimate of drug-likeness (QED) is 0.632. The van der Waals surface area contributed by atoms with Gasteiger partial charge in [0.1, 0.15) is 0 Å². The molecule has 1 aromatic carbocycles. The van der Waals surface area contributed by atoms with Crippen LogP contribution in [0.4, 0.5) is 0 Å². The molecule has 3 fully saturated rings. The first-order valence-electron chi connectivity index (χ1n) is 12.9. The molecule has 7 nitrogen and oxygen atoms in total. The number of likely N-dealkylation sites (tertiary alicyclic amines) is 1. The summed E-state index contributed by atoms with van der Waals surface area (Å²) in [5.41, 5.74) is 0.466. The number of hydrogen-bond donors (Lipinski definition) is 0. The van der Waals surface area contributed by atoms with Crippen molar-refractivity contribution in [2.75, 3.05) is 45.8 Å². The van der Waals surface area contributed by atoms with Crippen LogP contribution in [0.5, 0.6) is 0 Å². The molecule has 3 aliphatic rings. The van der Waals surface area contributed by atoms with Crippen LogP contribution < -0.4 is 0 Å². The van der Waals surface area contributed by atoms with Gasteiger partial charge in [-0.1, -0.05) is 19.9 Å². The lowest BCUT2D eigenvalue weighted by molar-refractivity contribution is -0.0728. The number of carbonyl (C=O) groups is 1. The molecule has 8 heteroatoms. The maximum Gasteiger partial charge on any atom is 0.253 e. The van der Waals surface area contributed by atoms with E-state index in [-0.39, 0.29) is 23.0 Å². The zero-order valence-corrected chi connectivity index (χ0v) is 22.0. The molecule has 4 rings (SSSR count). The van der Waals surface area contributed by atoms with E-state index >= 15 is 0 Å². The number of ether oxygens (including phenoxy) is 1. The Hall–Kier alpha value is -1.48. The SMILES string of the molecule is CC1CC(C)CN(S(=O)(=O)c2cccc(C(=O)N3CCC(CN4CC(C)OC(C)C4)CC3)c2)C1. The van der Waals surface area contributed by atoms with E-state index in [1.807, 2.05) is 4.90 Å². The second-order valence-corrected chi connectivity index (χ2v) is 12.9. The second kappa shape index (κ2) is 10.6. The number of rotatable bonds is 5. The maximum absolute atomic E-state index is 13.3. The third-order valence-corrected chi connectivity index (χ3v) is 9.30. The van der Waals surface area contributed by atoms with Crippen molar-refractivity contribution in [1.82, 2.24) is 14.1 Å². The van der Waals surface area contributed by atoms with Crippen molar-refractivity contribution in [2.45, 2.75) is 64.1 Å². The molecule has 190 valence electrons. The number of benzene rings is 1. The maximum atomic E-state index is 13.3. The van der Waals surface area contributed by atoms with Gasteiger partial charge >= 0.3 is 0 Å². The van der Waals surface area contributed by atoms with E-state index in [4.69, 9.17) is 4.74 Å². The van der Waals surface area contributed by atoms with Crippen LogP contribution in [0.2, 0.25) is 0 Å². The van der Waals surface area contributed by atoms with Gasteiger partial charge < -0.3 is 9.64 Å². The molecule has 3 heterocycles. The minimum absolute atomic E-state index is 0.0653. The first-order valence-corrected chi connectivity index (χ1v) is 14.3. The van der Waals surface area contributed by atoms with E-state index in [9.17, 15) is 13.2 Å². The minimum atomic E-state index is -3.60. The Morgan fingerprint density at radius 2 is 1.59 bits per heavy atom. The molecule has 4 atom stereocenters. The van der Waals surface area contributed by atoms with Gasteiger partial charge in [-0.25, -0.2) is 8.42 Å². The molecule has 0 radical (unpaired) electrons. The first kappa shape index (κ1) is 25.6. The highest BCUT2D eigenvalue weighted by Gasteiger charge is 2.33. The molecule has 1 amide bonds. The fourth-order valence-corrected chi connectivity index (χ4v) is 7.77. The van der Waals surface area contributed by atoms with Crippen molar-refractivity contribution in [3.63, 3.8) is 0 Å². The molecular formula is C26H41N3O4S. The summed E-state index contributed by atoms with van der Waals surface area (Å²) < 4.78 is 34.0. The molecular weight excluding hydrogens is 450 g/mol. The van der Waals surface area contributed by atoms with Crippen molar-refractivity contribution in [3.05, 3.63) is 29.8 Å². The highest BCUT2D eigenvalue weighted by Crippen LogP contribution is 2.28. The molecule has 3 saturated heterocycles. The third kappa shape index (κ3) is 6.01. The van der Waals surface area contributed by atoms with Gasteiger partial charge in [0.15, 0.2) is 0 Å². The van der Waals surface area contributed by atoms with Gasteiger partial charge in [0.05, 0.1) is 17.1 Å². The summed E-state index contributed by atoms with van der Waals surface area (Å²) in [6, 6.07) is 6.63. The third-order valence-electron chi connectivity index (χ3n) is 7.47. The van der Waals surface area contributed by atoms with Crippen LogP contribution in [0.25, 0.3) is 0 Å². The Balaban J connectivity index is 1.36. The number of amides is 1. The average Bonchev–Trinajstić information content (AvgIpc) is 2.78.